The van der Waals surface area contributed by atoms with E-state index in [-0.39, 0.29) is 5.60 Å². The Labute approximate surface area is 107 Å². The highest BCUT2D eigenvalue weighted by atomic mass is 16.5. The summed E-state index contributed by atoms with van der Waals surface area (Å²) in [7, 11) is 0. The Morgan fingerprint density at radius 2 is 2.12 bits per heavy atom. The van der Waals surface area contributed by atoms with Crippen LogP contribution in [0, 0.1) is 11.8 Å². The minimum atomic E-state index is 0.162. The fourth-order valence-electron chi connectivity index (χ4n) is 3.03. The summed E-state index contributed by atoms with van der Waals surface area (Å²) in [6.07, 6.45) is 9.27. The van der Waals surface area contributed by atoms with Crippen LogP contribution in [0.1, 0.15) is 58.8 Å². The van der Waals surface area contributed by atoms with Crippen molar-refractivity contribution < 1.29 is 4.74 Å². The summed E-state index contributed by atoms with van der Waals surface area (Å²) in [5, 5.41) is 3.59. The standard InChI is InChI=1S/C15H29NO/c1-3-9-16-12-15(17-11-14-6-7-14)8-4-5-13(2)10-15/h13-14,16H,3-12H2,1-2H3. The first-order chi connectivity index (χ1) is 8.24. The van der Waals surface area contributed by atoms with Gasteiger partial charge in [-0.05, 0) is 50.5 Å². The van der Waals surface area contributed by atoms with E-state index in [1.807, 2.05) is 0 Å². The summed E-state index contributed by atoms with van der Waals surface area (Å²) in [5.41, 5.74) is 0.162. The molecule has 0 aliphatic heterocycles. The average Bonchev–Trinajstić information content (AvgIpc) is 3.11. The normalized spacial score (nSPS) is 33.9. The van der Waals surface area contributed by atoms with Gasteiger partial charge in [0.25, 0.3) is 0 Å². The van der Waals surface area contributed by atoms with Crippen LogP contribution in [0.5, 0.6) is 0 Å². The van der Waals surface area contributed by atoms with Crippen LogP contribution in [-0.2, 0) is 4.74 Å². The number of rotatable bonds is 7. The number of nitrogens with one attached hydrogen (secondary N) is 1. The molecule has 0 aromatic rings. The van der Waals surface area contributed by atoms with E-state index in [2.05, 4.69) is 19.2 Å². The molecule has 0 heterocycles. The Morgan fingerprint density at radius 3 is 2.76 bits per heavy atom. The SMILES string of the molecule is CCCNCC1(OCC2CC2)CCCC(C)C1. The zero-order valence-electron chi connectivity index (χ0n) is 11.6. The van der Waals surface area contributed by atoms with E-state index in [0.717, 1.165) is 31.5 Å². The van der Waals surface area contributed by atoms with Crippen molar-refractivity contribution in [1.29, 1.82) is 0 Å². The average molecular weight is 239 g/mol. The van der Waals surface area contributed by atoms with Crippen LogP contribution >= 0.6 is 0 Å². The number of hydrogen-bond acceptors (Lipinski definition) is 2. The number of ether oxygens (including phenoxy) is 1. The molecule has 2 rings (SSSR count). The maximum Gasteiger partial charge on any atom is 0.0808 e. The zero-order valence-corrected chi connectivity index (χ0v) is 11.6. The molecule has 2 nitrogen and oxygen atoms in total. The Hall–Kier alpha value is -0.0800. The Balaban J connectivity index is 1.83. The van der Waals surface area contributed by atoms with E-state index in [4.69, 9.17) is 4.74 Å². The van der Waals surface area contributed by atoms with E-state index < -0.39 is 0 Å². The third-order valence-corrected chi connectivity index (χ3v) is 4.25. The van der Waals surface area contributed by atoms with Gasteiger partial charge in [0.05, 0.1) is 12.2 Å². The molecule has 2 aliphatic rings. The van der Waals surface area contributed by atoms with Gasteiger partial charge < -0.3 is 10.1 Å². The van der Waals surface area contributed by atoms with Crippen molar-refractivity contribution in [3.8, 4) is 0 Å². The highest BCUT2D eigenvalue weighted by Gasteiger charge is 2.37. The molecular formula is C15H29NO. The van der Waals surface area contributed by atoms with Gasteiger partial charge in [0.15, 0.2) is 0 Å². The predicted octanol–water partition coefficient (Wildman–Crippen LogP) is 3.36. The molecule has 2 heteroatoms. The van der Waals surface area contributed by atoms with Crippen molar-refractivity contribution in [1.82, 2.24) is 5.32 Å². The first-order valence-corrected chi connectivity index (χ1v) is 7.59. The fourth-order valence-corrected chi connectivity index (χ4v) is 3.03. The first kappa shape index (κ1) is 13.4. The van der Waals surface area contributed by atoms with E-state index in [9.17, 15) is 0 Å². The predicted molar refractivity (Wildman–Crippen MR) is 72.2 cm³/mol. The second-order valence-electron chi connectivity index (χ2n) is 6.32. The lowest BCUT2D eigenvalue weighted by atomic mass is 9.78. The molecule has 0 amide bonds. The largest absolute Gasteiger partial charge is 0.373 e. The lowest BCUT2D eigenvalue weighted by Crippen LogP contribution is -2.47. The topological polar surface area (TPSA) is 21.3 Å². The molecule has 100 valence electrons. The van der Waals surface area contributed by atoms with E-state index in [0.29, 0.717) is 0 Å². The molecule has 0 aromatic heterocycles. The molecule has 2 atom stereocenters. The minimum Gasteiger partial charge on any atom is -0.373 e. The van der Waals surface area contributed by atoms with Gasteiger partial charge in [-0.3, -0.25) is 0 Å². The van der Waals surface area contributed by atoms with E-state index in [1.54, 1.807) is 0 Å². The smallest absolute Gasteiger partial charge is 0.0808 e. The van der Waals surface area contributed by atoms with Crippen LogP contribution in [0.2, 0.25) is 0 Å². The van der Waals surface area contributed by atoms with Gasteiger partial charge in [0.1, 0.15) is 0 Å². The molecule has 0 saturated heterocycles. The molecule has 0 aromatic carbocycles. The fraction of sp³-hybridized carbons (Fsp3) is 1.00. The van der Waals surface area contributed by atoms with E-state index >= 15 is 0 Å². The van der Waals surface area contributed by atoms with Crippen LogP contribution in [-0.4, -0.2) is 25.3 Å². The summed E-state index contributed by atoms with van der Waals surface area (Å²) in [5.74, 6) is 1.72. The van der Waals surface area contributed by atoms with Crippen LogP contribution in [0.15, 0.2) is 0 Å². The lowest BCUT2D eigenvalue weighted by molar-refractivity contribution is -0.0832. The Bertz CT molecular complexity index is 227. The van der Waals surface area contributed by atoms with Gasteiger partial charge in [-0.2, -0.15) is 0 Å². The zero-order chi connectivity index (χ0) is 12.1. The highest BCUT2D eigenvalue weighted by molar-refractivity contribution is 4.90. The van der Waals surface area contributed by atoms with Gasteiger partial charge in [-0.25, -0.2) is 0 Å². The van der Waals surface area contributed by atoms with Gasteiger partial charge in [0.2, 0.25) is 0 Å². The van der Waals surface area contributed by atoms with Crippen LogP contribution in [0.3, 0.4) is 0 Å². The minimum absolute atomic E-state index is 0.162. The molecule has 2 fully saturated rings. The maximum atomic E-state index is 6.35. The summed E-state index contributed by atoms with van der Waals surface area (Å²) in [4.78, 5) is 0. The van der Waals surface area contributed by atoms with Crippen LogP contribution < -0.4 is 5.32 Å². The van der Waals surface area contributed by atoms with Crippen molar-refractivity contribution in [2.75, 3.05) is 19.7 Å². The van der Waals surface area contributed by atoms with Crippen molar-refractivity contribution in [3.05, 3.63) is 0 Å². The Kier molecular flexibility index (Phi) is 4.87. The second-order valence-corrected chi connectivity index (χ2v) is 6.32. The molecular weight excluding hydrogens is 210 g/mol. The maximum absolute atomic E-state index is 6.35. The molecule has 17 heavy (non-hydrogen) atoms. The summed E-state index contributed by atoms with van der Waals surface area (Å²) < 4.78 is 6.35. The third kappa shape index (κ3) is 4.26. The van der Waals surface area contributed by atoms with Gasteiger partial charge >= 0.3 is 0 Å². The quantitative estimate of drug-likeness (QED) is 0.688. The van der Waals surface area contributed by atoms with Crippen LogP contribution in [0.25, 0.3) is 0 Å². The van der Waals surface area contributed by atoms with Crippen molar-refractivity contribution >= 4 is 0 Å². The summed E-state index contributed by atoms with van der Waals surface area (Å²) in [6, 6.07) is 0. The second kappa shape index (κ2) is 6.19. The molecule has 0 spiro atoms. The van der Waals surface area contributed by atoms with Crippen LogP contribution in [0.4, 0.5) is 0 Å². The van der Waals surface area contributed by atoms with Gasteiger partial charge in [-0.1, -0.05) is 26.7 Å². The molecule has 2 saturated carbocycles. The highest BCUT2D eigenvalue weighted by Crippen LogP contribution is 2.37. The molecule has 0 radical (unpaired) electrons. The lowest BCUT2D eigenvalue weighted by Gasteiger charge is -2.40. The summed E-state index contributed by atoms with van der Waals surface area (Å²) >= 11 is 0. The molecule has 2 unspecified atom stereocenters. The van der Waals surface area contributed by atoms with Gasteiger partial charge in [-0.15, -0.1) is 0 Å². The third-order valence-electron chi connectivity index (χ3n) is 4.25. The molecule has 1 N–H and O–H groups in total. The van der Waals surface area contributed by atoms with Crippen molar-refractivity contribution in [3.63, 3.8) is 0 Å². The van der Waals surface area contributed by atoms with Crippen molar-refractivity contribution in [2.45, 2.75) is 64.4 Å². The molecule has 2 aliphatic carbocycles. The molecule has 0 bridgehead atoms. The van der Waals surface area contributed by atoms with Gasteiger partial charge in [0, 0.05) is 6.54 Å². The van der Waals surface area contributed by atoms with E-state index in [1.165, 1.54) is 44.9 Å². The number of hydrogen-bond donors (Lipinski definition) is 1. The first-order valence-electron chi connectivity index (χ1n) is 7.59. The monoisotopic (exact) mass is 239 g/mol. The Morgan fingerprint density at radius 1 is 1.29 bits per heavy atom. The van der Waals surface area contributed by atoms with Crippen molar-refractivity contribution in [2.24, 2.45) is 11.8 Å². The summed E-state index contributed by atoms with van der Waals surface area (Å²) in [6.45, 7) is 7.82.